The van der Waals surface area contributed by atoms with Gasteiger partial charge in [0.25, 0.3) is 0 Å². The van der Waals surface area contributed by atoms with Gasteiger partial charge >= 0.3 is 6.36 Å². The lowest BCUT2D eigenvalue weighted by atomic mass is 10.1. The molecule has 1 aromatic heterocycles. The molecule has 0 fully saturated rings. The second kappa shape index (κ2) is 5.62. The molecule has 1 heterocycles. The number of halogens is 4. The van der Waals surface area contributed by atoms with Gasteiger partial charge in [-0.15, -0.1) is 13.2 Å². The molecule has 104 valence electrons. The molecule has 3 nitrogen and oxygen atoms in total. The van der Waals surface area contributed by atoms with Crippen LogP contribution in [0.5, 0.6) is 5.75 Å². The summed E-state index contributed by atoms with van der Waals surface area (Å²) in [5, 5.41) is 0. The quantitative estimate of drug-likeness (QED) is 0.790. The molecule has 20 heavy (non-hydrogen) atoms. The van der Waals surface area contributed by atoms with E-state index in [0.717, 1.165) is 12.1 Å². The molecule has 0 radical (unpaired) electrons. The number of carbonyl (C=O) groups is 1. The number of nitrogens with zero attached hydrogens (tertiary/aromatic N) is 1. The van der Waals surface area contributed by atoms with Crippen molar-refractivity contribution in [1.29, 1.82) is 0 Å². The largest absolute Gasteiger partial charge is 0.573 e. The Bertz CT molecular complexity index is 644. The zero-order valence-electron chi connectivity index (χ0n) is 9.82. The van der Waals surface area contributed by atoms with Crippen LogP contribution in [-0.2, 0) is 0 Å². The number of rotatable bonds is 3. The first-order valence-electron chi connectivity index (χ1n) is 5.36. The number of hydrogen-bond donors (Lipinski definition) is 0. The van der Waals surface area contributed by atoms with E-state index < -0.39 is 17.9 Å². The van der Waals surface area contributed by atoms with E-state index in [9.17, 15) is 18.0 Å². The molecule has 0 atom stereocenters. The first-order chi connectivity index (χ1) is 9.35. The Morgan fingerprint density at radius 3 is 2.55 bits per heavy atom. The van der Waals surface area contributed by atoms with Crippen molar-refractivity contribution in [1.82, 2.24) is 4.98 Å². The molecule has 2 aromatic rings. The average molecular weight is 346 g/mol. The highest BCUT2D eigenvalue weighted by atomic mass is 79.9. The number of alkyl halides is 3. The minimum absolute atomic E-state index is 0.0895. The summed E-state index contributed by atoms with van der Waals surface area (Å²) in [4.78, 5) is 16.0. The summed E-state index contributed by atoms with van der Waals surface area (Å²) in [6.07, 6.45) is -1.96. The molecule has 0 N–H and O–H groups in total. The molecule has 0 bridgehead atoms. The van der Waals surface area contributed by atoms with Crippen LogP contribution in [-0.4, -0.2) is 17.1 Å². The van der Waals surface area contributed by atoms with Crippen molar-refractivity contribution in [2.45, 2.75) is 6.36 Å². The van der Waals surface area contributed by atoms with Gasteiger partial charge in [0.05, 0.1) is 0 Å². The highest BCUT2D eigenvalue weighted by Crippen LogP contribution is 2.24. The number of ether oxygens (including phenoxy) is 1. The molecule has 1 aromatic carbocycles. The third-order valence-electron chi connectivity index (χ3n) is 2.30. The Hall–Kier alpha value is -1.89. The molecule has 7 heteroatoms. The Morgan fingerprint density at radius 1 is 1.15 bits per heavy atom. The van der Waals surface area contributed by atoms with E-state index >= 15 is 0 Å². The molecule has 0 unspecified atom stereocenters. The lowest BCUT2D eigenvalue weighted by Gasteiger charge is -2.09. The van der Waals surface area contributed by atoms with E-state index in [1.165, 1.54) is 30.6 Å². The van der Waals surface area contributed by atoms with Gasteiger partial charge in [0.15, 0.2) is 5.78 Å². The van der Waals surface area contributed by atoms with Gasteiger partial charge in [-0.2, -0.15) is 0 Å². The van der Waals surface area contributed by atoms with Crippen molar-refractivity contribution in [2.24, 2.45) is 0 Å². The molecule has 0 aliphatic rings. The minimum Gasteiger partial charge on any atom is -0.406 e. The number of carbonyl (C=O) groups excluding carboxylic acids is 1. The highest BCUT2D eigenvalue weighted by Gasteiger charge is 2.31. The average Bonchev–Trinajstić information content (AvgIpc) is 2.36. The van der Waals surface area contributed by atoms with Crippen molar-refractivity contribution in [3.05, 3.63) is 58.3 Å². The normalized spacial score (nSPS) is 11.2. The first kappa shape index (κ1) is 14.5. The van der Waals surface area contributed by atoms with E-state index in [1.54, 1.807) is 0 Å². The molecule has 0 amide bonds. The zero-order chi connectivity index (χ0) is 14.8. The van der Waals surface area contributed by atoms with E-state index in [1.807, 2.05) is 0 Å². The van der Waals surface area contributed by atoms with Crippen LogP contribution in [0.25, 0.3) is 0 Å². The van der Waals surface area contributed by atoms with Crippen LogP contribution in [0.2, 0.25) is 0 Å². The second-order valence-electron chi connectivity index (χ2n) is 3.80. The predicted molar refractivity (Wildman–Crippen MR) is 68.5 cm³/mol. The molecule has 0 spiro atoms. The van der Waals surface area contributed by atoms with Crippen molar-refractivity contribution >= 4 is 21.7 Å². The van der Waals surface area contributed by atoms with Crippen molar-refractivity contribution in [3.8, 4) is 5.75 Å². The van der Waals surface area contributed by atoms with E-state index in [4.69, 9.17) is 0 Å². The predicted octanol–water partition coefficient (Wildman–Crippen LogP) is 3.97. The topological polar surface area (TPSA) is 39.2 Å². The van der Waals surface area contributed by atoms with Crippen LogP contribution in [0.1, 0.15) is 15.9 Å². The number of ketones is 1. The van der Waals surface area contributed by atoms with Crippen LogP contribution in [0.3, 0.4) is 0 Å². The maximum atomic E-state index is 12.1. The number of aromatic nitrogens is 1. The number of pyridine rings is 1. The van der Waals surface area contributed by atoms with Crippen LogP contribution in [0, 0.1) is 0 Å². The fourth-order valence-corrected chi connectivity index (χ4v) is 1.90. The van der Waals surface area contributed by atoms with E-state index in [0.29, 0.717) is 4.47 Å². The molecule has 2 rings (SSSR count). The van der Waals surface area contributed by atoms with Gasteiger partial charge in [-0.05, 0) is 34.1 Å². The summed E-state index contributed by atoms with van der Waals surface area (Å²) in [6.45, 7) is 0. The maximum absolute atomic E-state index is 12.1. The van der Waals surface area contributed by atoms with Crippen LogP contribution in [0.4, 0.5) is 13.2 Å². The molecule has 0 aliphatic heterocycles. The summed E-state index contributed by atoms with van der Waals surface area (Å²) < 4.78 is 40.8. The molecule has 0 saturated carbocycles. The van der Waals surface area contributed by atoms with Gasteiger partial charge in [0, 0.05) is 28.0 Å². The number of benzene rings is 1. The second-order valence-corrected chi connectivity index (χ2v) is 4.71. The van der Waals surface area contributed by atoms with Crippen LogP contribution in [0.15, 0.2) is 47.2 Å². The third kappa shape index (κ3) is 3.80. The standard InChI is InChI=1S/C13H7BrF3NO2/c14-10-4-9(6-18-7-10)12(19)8-2-1-3-11(5-8)20-13(15,16)17/h1-7H. The summed E-state index contributed by atoms with van der Waals surface area (Å²) in [7, 11) is 0. The number of hydrogen-bond acceptors (Lipinski definition) is 3. The molecule has 0 saturated heterocycles. The van der Waals surface area contributed by atoms with Crippen LogP contribution >= 0.6 is 15.9 Å². The monoisotopic (exact) mass is 345 g/mol. The molecular formula is C13H7BrF3NO2. The van der Waals surface area contributed by atoms with Gasteiger partial charge in [0.1, 0.15) is 5.75 Å². The minimum atomic E-state index is -4.79. The van der Waals surface area contributed by atoms with Crippen molar-refractivity contribution in [2.75, 3.05) is 0 Å². The Kier molecular flexibility index (Phi) is 4.08. The van der Waals surface area contributed by atoms with Gasteiger partial charge in [-0.25, -0.2) is 0 Å². The van der Waals surface area contributed by atoms with Gasteiger partial charge < -0.3 is 4.74 Å². The first-order valence-corrected chi connectivity index (χ1v) is 6.15. The third-order valence-corrected chi connectivity index (χ3v) is 2.73. The van der Waals surface area contributed by atoms with Gasteiger partial charge in [-0.1, -0.05) is 12.1 Å². The molecular weight excluding hydrogens is 339 g/mol. The van der Waals surface area contributed by atoms with E-state index in [2.05, 4.69) is 25.7 Å². The summed E-state index contributed by atoms with van der Waals surface area (Å²) in [6, 6.07) is 6.43. The van der Waals surface area contributed by atoms with Crippen LogP contribution < -0.4 is 4.74 Å². The Balaban J connectivity index is 2.29. The summed E-state index contributed by atoms with van der Waals surface area (Å²) in [5.41, 5.74) is 0.357. The lowest BCUT2D eigenvalue weighted by molar-refractivity contribution is -0.274. The SMILES string of the molecule is O=C(c1cncc(Br)c1)c1cccc(OC(F)(F)F)c1. The van der Waals surface area contributed by atoms with Crippen molar-refractivity contribution in [3.63, 3.8) is 0 Å². The lowest BCUT2D eigenvalue weighted by Crippen LogP contribution is -2.17. The summed E-state index contributed by atoms with van der Waals surface area (Å²) >= 11 is 3.17. The maximum Gasteiger partial charge on any atom is 0.573 e. The Morgan fingerprint density at radius 2 is 1.90 bits per heavy atom. The fourth-order valence-electron chi connectivity index (χ4n) is 1.54. The van der Waals surface area contributed by atoms with Gasteiger partial charge in [-0.3, -0.25) is 9.78 Å². The fraction of sp³-hybridized carbons (Fsp3) is 0.0769. The van der Waals surface area contributed by atoms with E-state index in [-0.39, 0.29) is 11.1 Å². The Labute approximate surface area is 120 Å². The highest BCUT2D eigenvalue weighted by molar-refractivity contribution is 9.10. The molecule has 0 aliphatic carbocycles. The van der Waals surface area contributed by atoms with Gasteiger partial charge in [0.2, 0.25) is 0 Å². The van der Waals surface area contributed by atoms with Crippen molar-refractivity contribution < 1.29 is 22.7 Å². The zero-order valence-corrected chi connectivity index (χ0v) is 11.4. The summed E-state index contributed by atoms with van der Waals surface area (Å²) in [5.74, 6) is -0.877. The smallest absolute Gasteiger partial charge is 0.406 e.